The summed E-state index contributed by atoms with van der Waals surface area (Å²) in [7, 11) is 0. The molecule has 2 rings (SSSR count). The third-order valence-electron chi connectivity index (χ3n) is 2.10. The predicted molar refractivity (Wildman–Crippen MR) is 72.0 cm³/mol. The van der Waals surface area contributed by atoms with Crippen LogP contribution in [0.25, 0.3) is 0 Å². The molecule has 1 heterocycles. The Morgan fingerprint density at radius 2 is 2.00 bits per heavy atom. The smallest absolute Gasteiger partial charge is 0.238 e. The van der Waals surface area contributed by atoms with Gasteiger partial charge in [0.05, 0.1) is 11.9 Å². The molecule has 0 spiro atoms. The standard InChI is InChI=1S/C12H11ClN2OS/c1-17-10-4-2-9(3-5-10)16-12-11(13)6-8(14)7-15-12/h2-7H,14H2,1H3. The van der Waals surface area contributed by atoms with E-state index >= 15 is 0 Å². The van der Waals surface area contributed by atoms with Crippen molar-refractivity contribution in [2.45, 2.75) is 4.90 Å². The monoisotopic (exact) mass is 266 g/mol. The van der Waals surface area contributed by atoms with Crippen LogP contribution in [0.5, 0.6) is 11.6 Å². The minimum absolute atomic E-state index is 0.359. The van der Waals surface area contributed by atoms with E-state index in [1.165, 1.54) is 11.1 Å². The number of rotatable bonds is 3. The first-order chi connectivity index (χ1) is 8.19. The number of ether oxygens (including phenoxy) is 1. The van der Waals surface area contributed by atoms with Gasteiger partial charge in [0, 0.05) is 4.90 Å². The van der Waals surface area contributed by atoms with Crippen LogP contribution in [-0.4, -0.2) is 11.2 Å². The molecule has 0 saturated carbocycles. The number of hydrogen-bond acceptors (Lipinski definition) is 4. The molecule has 5 heteroatoms. The first-order valence-corrected chi connectivity index (χ1v) is 6.52. The summed E-state index contributed by atoms with van der Waals surface area (Å²) >= 11 is 7.64. The average molecular weight is 267 g/mol. The van der Waals surface area contributed by atoms with Gasteiger partial charge in [0.15, 0.2) is 0 Å². The van der Waals surface area contributed by atoms with Crippen molar-refractivity contribution in [1.29, 1.82) is 0 Å². The lowest BCUT2D eigenvalue weighted by atomic mass is 10.3. The molecule has 0 aliphatic carbocycles. The van der Waals surface area contributed by atoms with Gasteiger partial charge in [-0.2, -0.15) is 0 Å². The molecule has 1 aromatic heterocycles. The van der Waals surface area contributed by atoms with Crippen LogP contribution in [0.15, 0.2) is 41.4 Å². The number of benzene rings is 1. The van der Waals surface area contributed by atoms with E-state index < -0.39 is 0 Å². The van der Waals surface area contributed by atoms with Gasteiger partial charge in [0.2, 0.25) is 5.88 Å². The lowest BCUT2D eigenvalue weighted by Crippen LogP contribution is -1.92. The number of pyridine rings is 1. The Balaban J connectivity index is 2.19. The molecular weight excluding hydrogens is 256 g/mol. The number of hydrogen-bond donors (Lipinski definition) is 1. The van der Waals surface area contributed by atoms with Crippen LogP contribution in [-0.2, 0) is 0 Å². The summed E-state index contributed by atoms with van der Waals surface area (Å²) in [6, 6.07) is 9.32. The number of aromatic nitrogens is 1. The van der Waals surface area contributed by atoms with E-state index in [1.54, 1.807) is 17.8 Å². The minimum atomic E-state index is 0.359. The molecule has 2 N–H and O–H groups in total. The van der Waals surface area contributed by atoms with Crippen LogP contribution in [0.3, 0.4) is 0 Å². The predicted octanol–water partition coefficient (Wildman–Crippen LogP) is 3.83. The van der Waals surface area contributed by atoms with Crippen molar-refractivity contribution in [2.24, 2.45) is 0 Å². The van der Waals surface area contributed by atoms with Crippen molar-refractivity contribution in [1.82, 2.24) is 4.98 Å². The molecule has 2 aromatic rings. The number of thioether (sulfide) groups is 1. The Hall–Kier alpha value is -1.39. The Bertz CT molecular complexity index is 516. The van der Waals surface area contributed by atoms with Gasteiger partial charge < -0.3 is 10.5 Å². The van der Waals surface area contributed by atoms with Gasteiger partial charge in [0.25, 0.3) is 0 Å². The fraction of sp³-hybridized carbons (Fsp3) is 0.0833. The lowest BCUT2D eigenvalue weighted by Gasteiger charge is -2.07. The second-order valence-corrected chi connectivity index (χ2v) is 4.62. The maximum atomic E-state index is 5.97. The molecule has 0 unspecified atom stereocenters. The fourth-order valence-electron chi connectivity index (χ4n) is 1.27. The molecule has 88 valence electrons. The largest absolute Gasteiger partial charge is 0.438 e. The van der Waals surface area contributed by atoms with Crippen molar-refractivity contribution < 1.29 is 4.74 Å². The third-order valence-corrected chi connectivity index (χ3v) is 3.12. The zero-order valence-corrected chi connectivity index (χ0v) is 10.8. The summed E-state index contributed by atoms with van der Waals surface area (Å²) in [4.78, 5) is 5.21. The summed E-state index contributed by atoms with van der Waals surface area (Å²) in [5.74, 6) is 1.06. The lowest BCUT2D eigenvalue weighted by molar-refractivity contribution is 0.463. The number of halogens is 1. The van der Waals surface area contributed by atoms with Crippen LogP contribution in [0.4, 0.5) is 5.69 Å². The molecule has 0 aliphatic heterocycles. The van der Waals surface area contributed by atoms with Crippen LogP contribution in [0, 0.1) is 0 Å². The van der Waals surface area contributed by atoms with Crippen molar-refractivity contribution in [2.75, 3.05) is 12.0 Å². The van der Waals surface area contributed by atoms with E-state index in [1.807, 2.05) is 30.5 Å². The Kier molecular flexibility index (Phi) is 3.76. The number of anilines is 1. The van der Waals surface area contributed by atoms with Gasteiger partial charge in [-0.15, -0.1) is 11.8 Å². The summed E-state index contributed by atoms with van der Waals surface area (Å²) in [6.45, 7) is 0. The molecule has 0 aliphatic rings. The molecule has 3 nitrogen and oxygen atoms in total. The van der Waals surface area contributed by atoms with Gasteiger partial charge in [-0.05, 0) is 36.6 Å². The number of nitrogens with two attached hydrogens (primary N) is 1. The number of nitrogen functional groups attached to an aromatic ring is 1. The quantitative estimate of drug-likeness (QED) is 0.858. The highest BCUT2D eigenvalue weighted by atomic mass is 35.5. The summed E-state index contributed by atoms with van der Waals surface area (Å²) < 4.78 is 5.56. The van der Waals surface area contributed by atoms with Crippen molar-refractivity contribution in [3.8, 4) is 11.6 Å². The van der Waals surface area contributed by atoms with Crippen LogP contribution >= 0.6 is 23.4 Å². The third kappa shape index (κ3) is 3.05. The second kappa shape index (κ2) is 5.29. The molecule has 0 bridgehead atoms. The van der Waals surface area contributed by atoms with E-state index in [9.17, 15) is 0 Å². The number of nitrogens with zero attached hydrogens (tertiary/aromatic N) is 1. The second-order valence-electron chi connectivity index (χ2n) is 3.33. The van der Waals surface area contributed by atoms with Gasteiger partial charge >= 0.3 is 0 Å². The Morgan fingerprint density at radius 3 is 2.59 bits per heavy atom. The Morgan fingerprint density at radius 1 is 1.29 bits per heavy atom. The molecule has 0 atom stereocenters. The first-order valence-electron chi connectivity index (χ1n) is 4.92. The highest BCUT2D eigenvalue weighted by Gasteiger charge is 2.05. The minimum Gasteiger partial charge on any atom is -0.438 e. The van der Waals surface area contributed by atoms with Crippen molar-refractivity contribution in [3.05, 3.63) is 41.6 Å². The van der Waals surface area contributed by atoms with Gasteiger partial charge in [-0.3, -0.25) is 0 Å². The highest BCUT2D eigenvalue weighted by Crippen LogP contribution is 2.29. The molecule has 0 radical (unpaired) electrons. The van der Waals surface area contributed by atoms with Crippen LogP contribution in [0.1, 0.15) is 0 Å². The topological polar surface area (TPSA) is 48.1 Å². The molecule has 1 aromatic carbocycles. The van der Waals surface area contributed by atoms with E-state index in [-0.39, 0.29) is 0 Å². The molecular formula is C12H11ClN2OS. The van der Waals surface area contributed by atoms with E-state index in [0.29, 0.717) is 22.3 Å². The Labute approximate surface area is 109 Å². The summed E-state index contributed by atoms with van der Waals surface area (Å²) in [6.07, 6.45) is 3.53. The zero-order valence-electron chi connectivity index (χ0n) is 9.18. The van der Waals surface area contributed by atoms with Crippen LogP contribution in [0.2, 0.25) is 5.02 Å². The van der Waals surface area contributed by atoms with Gasteiger partial charge in [-0.25, -0.2) is 4.98 Å². The highest BCUT2D eigenvalue weighted by molar-refractivity contribution is 7.98. The summed E-state index contributed by atoms with van der Waals surface area (Å²) in [5, 5.41) is 0.402. The van der Waals surface area contributed by atoms with Gasteiger partial charge in [0.1, 0.15) is 10.8 Å². The molecule has 0 amide bonds. The SMILES string of the molecule is CSc1ccc(Oc2ncc(N)cc2Cl)cc1. The molecule has 17 heavy (non-hydrogen) atoms. The normalized spacial score (nSPS) is 10.2. The maximum Gasteiger partial charge on any atom is 0.238 e. The molecule has 0 saturated heterocycles. The van der Waals surface area contributed by atoms with Crippen LogP contribution < -0.4 is 10.5 Å². The van der Waals surface area contributed by atoms with E-state index in [4.69, 9.17) is 22.1 Å². The fourth-order valence-corrected chi connectivity index (χ4v) is 1.89. The molecule has 0 fully saturated rings. The maximum absolute atomic E-state index is 5.97. The van der Waals surface area contributed by atoms with Crippen molar-refractivity contribution >= 4 is 29.1 Å². The zero-order chi connectivity index (χ0) is 12.3. The average Bonchev–Trinajstić information content (AvgIpc) is 2.34. The summed E-state index contributed by atoms with van der Waals surface area (Å²) in [5.41, 5.74) is 6.07. The van der Waals surface area contributed by atoms with Crippen molar-refractivity contribution in [3.63, 3.8) is 0 Å². The van der Waals surface area contributed by atoms with E-state index in [2.05, 4.69) is 4.98 Å². The van der Waals surface area contributed by atoms with E-state index in [0.717, 1.165) is 0 Å². The van der Waals surface area contributed by atoms with Gasteiger partial charge in [-0.1, -0.05) is 11.6 Å². The first kappa shape index (κ1) is 12.1.